The molecule has 0 spiro atoms. The Kier molecular flexibility index (Phi) is 6.34. The van der Waals surface area contributed by atoms with Gasteiger partial charge in [0.15, 0.2) is 5.78 Å². The zero-order valence-electron chi connectivity index (χ0n) is 17.7. The number of hydrogen-bond donors (Lipinski definition) is 3. The molecule has 0 bridgehead atoms. The number of nitrogens with zero attached hydrogens (tertiary/aromatic N) is 1. The summed E-state index contributed by atoms with van der Waals surface area (Å²) in [6.07, 6.45) is 1.21. The summed E-state index contributed by atoms with van der Waals surface area (Å²) in [4.78, 5) is 14.8. The minimum atomic E-state index is -0.654. The van der Waals surface area contributed by atoms with Gasteiger partial charge in [-0.25, -0.2) is 0 Å². The van der Waals surface area contributed by atoms with Crippen molar-refractivity contribution in [2.24, 2.45) is 5.92 Å². The van der Waals surface area contributed by atoms with Gasteiger partial charge in [0.05, 0.1) is 6.42 Å². The monoisotopic (exact) mass is 427 g/mol. The Balaban J connectivity index is 1.41. The lowest BCUT2D eigenvalue weighted by atomic mass is 9.95. The van der Waals surface area contributed by atoms with Crippen LogP contribution in [-0.4, -0.2) is 58.3 Å². The lowest BCUT2D eigenvalue weighted by Gasteiger charge is -2.31. The van der Waals surface area contributed by atoms with Crippen molar-refractivity contribution in [3.05, 3.63) is 47.5 Å². The molecule has 0 radical (unpaired) electrons. The number of hydrogen-bond acceptors (Lipinski definition) is 7. The Hall–Kier alpha value is -2.77. The molecule has 0 aromatic heterocycles. The van der Waals surface area contributed by atoms with Crippen LogP contribution >= 0.6 is 0 Å². The molecule has 166 valence electrons. The van der Waals surface area contributed by atoms with Crippen LogP contribution in [0, 0.1) is 5.92 Å². The lowest BCUT2D eigenvalue weighted by molar-refractivity contribution is 0.0559. The maximum Gasteiger partial charge on any atom is 0.174 e. The van der Waals surface area contributed by atoms with Crippen molar-refractivity contribution in [3.63, 3.8) is 0 Å². The van der Waals surface area contributed by atoms with Crippen molar-refractivity contribution in [2.75, 3.05) is 26.2 Å². The van der Waals surface area contributed by atoms with Gasteiger partial charge in [0.1, 0.15) is 47.4 Å². The van der Waals surface area contributed by atoms with E-state index in [0.717, 1.165) is 37.4 Å². The Morgan fingerprint density at radius 1 is 1.16 bits per heavy atom. The van der Waals surface area contributed by atoms with Crippen LogP contribution in [0.5, 0.6) is 23.0 Å². The molecule has 3 N–H and O–H groups in total. The maximum absolute atomic E-state index is 12.6. The highest BCUT2D eigenvalue weighted by Crippen LogP contribution is 2.42. The second kappa shape index (κ2) is 9.16. The number of fused-ring (bicyclic) bond motifs is 1. The largest absolute Gasteiger partial charge is 0.508 e. The Morgan fingerprint density at radius 2 is 1.87 bits per heavy atom. The summed E-state index contributed by atoms with van der Waals surface area (Å²) < 4.78 is 11.7. The van der Waals surface area contributed by atoms with Crippen molar-refractivity contribution < 1.29 is 29.6 Å². The number of carbonyl (C=O) groups excluding carboxylic acids is 1. The smallest absolute Gasteiger partial charge is 0.174 e. The molecule has 2 heterocycles. The molecule has 2 unspecified atom stereocenters. The SMILES string of the molecule is CC1CCN(CC(O)COc2cc(O)c3c(c2)OC(c2ccc(O)cc2)CC3=O)CC1. The van der Waals surface area contributed by atoms with Crippen LogP contribution in [0.4, 0.5) is 0 Å². The van der Waals surface area contributed by atoms with Gasteiger partial charge in [-0.05, 0) is 49.5 Å². The van der Waals surface area contributed by atoms with E-state index in [1.165, 1.54) is 6.07 Å². The molecule has 2 atom stereocenters. The summed E-state index contributed by atoms with van der Waals surface area (Å²) in [6.45, 7) is 4.83. The van der Waals surface area contributed by atoms with Gasteiger partial charge in [0, 0.05) is 18.7 Å². The Labute approximate surface area is 181 Å². The molecule has 31 heavy (non-hydrogen) atoms. The molecule has 0 aliphatic carbocycles. The highest BCUT2D eigenvalue weighted by Gasteiger charge is 2.31. The molecule has 4 rings (SSSR count). The van der Waals surface area contributed by atoms with Crippen molar-refractivity contribution in [1.82, 2.24) is 4.90 Å². The van der Waals surface area contributed by atoms with E-state index in [1.54, 1.807) is 30.3 Å². The second-order valence-electron chi connectivity index (χ2n) is 8.59. The first-order valence-electron chi connectivity index (χ1n) is 10.8. The molecule has 1 saturated heterocycles. The minimum Gasteiger partial charge on any atom is -0.508 e. The van der Waals surface area contributed by atoms with E-state index in [1.807, 2.05) is 0 Å². The van der Waals surface area contributed by atoms with Crippen molar-refractivity contribution in [1.29, 1.82) is 0 Å². The number of ketones is 1. The van der Waals surface area contributed by atoms with Gasteiger partial charge in [0.2, 0.25) is 0 Å². The fraction of sp³-hybridized carbons (Fsp3) is 0.458. The fourth-order valence-electron chi connectivity index (χ4n) is 4.16. The van der Waals surface area contributed by atoms with Crippen LogP contribution in [0.1, 0.15) is 48.2 Å². The first-order valence-corrected chi connectivity index (χ1v) is 10.8. The summed E-state index contributed by atoms with van der Waals surface area (Å²) in [5, 5.41) is 30.2. The predicted molar refractivity (Wildman–Crippen MR) is 115 cm³/mol. The number of phenolic OH excluding ortho intramolecular Hbond substituents is 2. The zero-order valence-corrected chi connectivity index (χ0v) is 17.7. The van der Waals surface area contributed by atoms with Gasteiger partial charge < -0.3 is 29.7 Å². The average Bonchev–Trinajstić information content (AvgIpc) is 2.74. The van der Waals surface area contributed by atoms with E-state index in [2.05, 4.69) is 11.8 Å². The van der Waals surface area contributed by atoms with E-state index < -0.39 is 12.2 Å². The summed E-state index contributed by atoms with van der Waals surface area (Å²) in [5.41, 5.74) is 0.902. The molecule has 7 heteroatoms. The molecule has 0 amide bonds. The number of piperidine rings is 1. The number of benzene rings is 2. The number of β-amino-alcohol motifs (C(OH)–C–C–N with tert-alkyl or cyclic N) is 1. The first-order chi connectivity index (χ1) is 14.9. The summed E-state index contributed by atoms with van der Waals surface area (Å²) in [5.74, 6) is 1.04. The zero-order chi connectivity index (χ0) is 22.0. The van der Waals surface area contributed by atoms with Gasteiger partial charge in [-0.15, -0.1) is 0 Å². The van der Waals surface area contributed by atoms with E-state index in [-0.39, 0.29) is 41.6 Å². The minimum absolute atomic E-state index is 0.0830. The highest BCUT2D eigenvalue weighted by molar-refractivity contribution is 6.02. The van der Waals surface area contributed by atoms with Crippen LogP contribution in [0.15, 0.2) is 36.4 Å². The Morgan fingerprint density at radius 3 is 2.58 bits per heavy atom. The number of rotatable bonds is 6. The molecule has 0 saturated carbocycles. The van der Waals surface area contributed by atoms with E-state index in [4.69, 9.17) is 9.47 Å². The third kappa shape index (κ3) is 5.11. The van der Waals surface area contributed by atoms with Crippen LogP contribution in [0.3, 0.4) is 0 Å². The third-order valence-electron chi connectivity index (χ3n) is 6.03. The van der Waals surface area contributed by atoms with Crippen molar-refractivity contribution >= 4 is 5.78 Å². The number of aliphatic hydroxyl groups is 1. The van der Waals surface area contributed by atoms with E-state index >= 15 is 0 Å². The normalized spacial score (nSPS) is 20.7. The maximum atomic E-state index is 12.6. The Bertz CT molecular complexity index is 920. The van der Waals surface area contributed by atoms with E-state index in [9.17, 15) is 20.1 Å². The van der Waals surface area contributed by atoms with Crippen LogP contribution in [-0.2, 0) is 0 Å². The van der Waals surface area contributed by atoms with Crippen LogP contribution in [0.25, 0.3) is 0 Å². The number of aromatic hydroxyl groups is 2. The van der Waals surface area contributed by atoms with Gasteiger partial charge in [0.25, 0.3) is 0 Å². The molecule has 7 nitrogen and oxygen atoms in total. The highest BCUT2D eigenvalue weighted by atomic mass is 16.5. The molecular weight excluding hydrogens is 398 g/mol. The van der Waals surface area contributed by atoms with Gasteiger partial charge in [-0.3, -0.25) is 4.79 Å². The lowest BCUT2D eigenvalue weighted by Crippen LogP contribution is -2.40. The number of Topliss-reactive ketones (excluding diaryl/α,β-unsaturated/α-hetero) is 1. The number of aliphatic hydroxyl groups excluding tert-OH is 1. The second-order valence-corrected chi connectivity index (χ2v) is 8.59. The quantitative estimate of drug-likeness (QED) is 0.651. The van der Waals surface area contributed by atoms with Crippen molar-refractivity contribution in [2.45, 2.75) is 38.4 Å². The predicted octanol–water partition coefficient (Wildman–Crippen LogP) is 3.28. The molecular formula is C24H29NO6. The number of likely N-dealkylation sites (tertiary alicyclic amines) is 1. The van der Waals surface area contributed by atoms with Crippen LogP contribution < -0.4 is 9.47 Å². The summed E-state index contributed by atoms with van der Waals surface area (Å²) in [7, 11) is 0. The molecule has 1 fully saturated rings. The number of phenols is 2. The first kappa shape index (κ1) is 21.5. The van der Waals surface area contributed by atoms with Crippen LogP contribution in [0.2, 0.25) is 0 Å². The topological polar surface area (TPSA) is 99.5 Å². The number of carbonyl (C=O) groups is 1. The fourth-order valence-corrected chi connectivity index (χ4v) is 4.16. The molecule has 2 aromatic carbocycles. The molecule has 2 aromatic rings. The standard InChI is InChI=1S/C24H29NO6/c1-15-6-8-25(9-7-15)13-18(27)14-30-19-10-20(28)24-21(29)12-22(31-23(24)11-19)16-2-4-17(26)5-3-16/h2-5,10-11,15,18,22,26-28H,6-9,12-14H2,1H3. The number of ether oxygens (including phenoxy) is 2. The molecule has 2 aliphatic heterocycles. The summed E-state index contributed by atoms with van der Waals surface area (Å²) in [6, 6.07) is 9.46. The average molecular weight is 427 g/mol. The van der Waals surface area contributed by atoms with Gasteiger partial charge in [-0.1, -0.05) is 19.1 Å². The van der Waals surface area contributed by atoms with Gasteiger partial charge >= 0.3 is 0 Å². The molecule has 2 aliphatic rings. The van der Waals surface area contributed by atoms with E-state index in [0.29, 0.717) is 12.3 Å². The summed E-state index contributed by atoms with van der Waals surface area (Å²) >= 11 is 0. The third-order valence-corrected chi connectivity index (χ3v) is 6.03. The van der Waals surface area contributed by atoms with Gasteiger partial charge in [-0.2, -0.15) is 0 Å². The van der Waals surface area contributed by atoms with Crippen molar-refractivity contribution in [3.8, 4) is 23.0 Å².